The van der Waals surface area contributed by atoms with Gasteiger partial charge in [0.05, 0.1) is 0 Å². The smallest absolute Gasteiger partial charge is 0.406 e. The Morgan fingerprint density at radius 1 is 1.14 bits per heavy atom. The van der Waals surface area contributed by atoms with Gasteiger partial charge in [0.15, 0.2) is 0 Å². The van der Waals surface area contributed by atoms with Gasteiger partial charge in [0.2, 0.25) is 0 Å². The lowest BCUT2D eigenvalue weighted by atomic mass is 9.94. The molecule has 4 atom stereocenters. The third-order valence-corrected chi connectivity index (χ3v) is 4.82. The molecule has 0 heterocycles. The summed E-state index contributed by atoms with van der Waals surface area (Å²) < 4.78 is 40.3. The zero-order valence-corrected chi connectivity index (χ0v) is 12.0. The number of hydrogen-bond donors (Lipinski definition) is 1. The van der Waals surface area contributed by atoms with Crippen LogP contribution in [0.3, 0.4) is 0 Å². The van der Waals surface area contributed by atoms with Crippen LogP contribution in [-0.2, 0) is 0 Å². The largest absolute Gasteiger partial charge is 0.573 e. The Morgan fingerprint density at radius 3 is 2.38 bits per heavy atom. The van der Waals surface area contributed by atoms with Gasteiger partial charge in [-0.25, -0.2) is 0 Å². The number of hydrogen-bond acceptors (Lipinski definition) is 2. The minimum atomic E-state index is -4.63. The lowest BCUT2D eigenvalue weighted by Crippen LogP contribution is -2.35. The molecule has 5 heteroatoms. The van der Waals surface area contributed by atoms with E-state index in [2.05, 4.69) is 17.0 Å². The number of benzene rings is 1. The zero-order chi connectivity index (χ0) is 15.0. The van der Waals surface area contributed by atoms with Crippen molar-refractivity contribution < 1.29 is 17.9 Å². The Labute approximate surface area is 122 Å². The second kappa shape index (κ2) is 5.52. The van der Waals surface area contributed by atoms with Gasteiger partial charge in [0.1, 0.15) is 5.75 Å². The monoisotopic (exact) mass is 299 g/mol. The van der Waals surface area contributed by atoms with Crippen LogP contribution in [0.1, 0.15) is 44.2 Å². The predicted octanol–water partition coefficient (Wildman–Crippen LogP) is 4.42. The maximum atomic E-state index is 12.1. The maximum Gasteiger partial charge on any atom is 0.573 e. The van der Waals surface area contributed by atoms with E-state index >= 15 is 0 Å². The Hall–Kier alpha value is -1.23. The summed E-state index contributed by atoms with van der Waals surface area (Å²) in [5.74, 6) is 1.49. The molecule has 0 spiro atoms. The van der Waals surface area contributed by atoms with E-state index in [1.54, 1.807) is 12.1 Å². The Kier molecular flexibility index (Phi) is 3.86. The lowest BCUT2D eigenvalue weighted by Gasteiger charge is -2.27. The highest BCUT2D eigenvalue weighted by Gasteiger charge is 2.39. The van der Waals surface area contributed by atoms with Crippen LogP contribution in [-0.4, -0.2) is 12.4 Å². The van der Waals surface area contributed by atoms with Crippen LogP contribution in [0.5, 0.6) is 5.75 Å². The van der Waals surface area contributed by atoms with E-state index in [0.29, 0.717) is 6.04 Å². The van der Waals surface area contributed by atoms with Gasteiger partial charge in [-0.1, -0.05) is 18.6 Å². The normalized spacial score (nSPS) is 29.6. The molecule has 116 valence electrons. The summed E-state index contributed by atoms with van der Waals surface area (Å²) in [7, 11) is 0. The van der Waals surface area contributed by atoms with E-state index in [0.717, 1.165) is 17.4 Å². The molecule has 1 aromatic carbocycles. The van der Waals surface area contributed by atoms with Crippen molar-refractivity contribution in [2.75, 3.05) is 0 Å². The highest BCUT2D eigenvalue weighted by atomic mass is 19.4. The van der Waals surface area contributed by atoms with Crippen LogP contribution in [0.2, 0.25) is 0 Å². The molecule has 0 radical (unpaired) electrons. The van der Waals surface area contributed by atoms with Crippen molar-refractivity contribution in [2.45, 2.75) is 51.1 Å². The highest BCUT2D eigenvalue weighted by Crippen LogP contribution is 2.45. The van der Waals surface area contributed by atoms with E-state index in [1.165, 1.54) is 37.8 Å². The van der Waals surface area contributed by atoms with Gasteiger partial charge in [0.25, 0.3) is 0 Å². The van der Waals surface area contributed by atoms with Gasteiger partial charge >= 0.3 is 6.36 Å². The van der Waals surface area contributed by atoms with Crippen LogP contribution < -0.4 is 10.1 Å². The summed E-state index contributed by atoms with van der Waals surface area (Å²) in [5, 5.41) is 3.63. The first-order valence-corrected chi connectivity index (χ1v) is 7.52. The van der Waals surface area contributed by atoms with E-state index in [1.807, 2.05) is 0 Å². The average molecular weight is 299 g/mol. The summed E-state index contributed by atoms with van der Waals surface area (Å²) in [6, 6.07) is 6.86. The fourth-order valence-corrected chi connectivity index (χ4v) is 3.82. The Morgan fingerprint density at radius 2 is 1.86 bits per heavy atom. The van der Waals surface area contributed by atoms with Gasteiger partial charge in [0, 0.05) is 12.1 Å². The van der Waals surface area contributed by atoms with E-state index in [9.17, 15) is 13.2 Å². The lowest BCUT2D eigenvalue weighted by molar-refractivity contribution is -0.274. The van der Waals surface area contributed by atoms with Crippen molar-refractivity contribution in [1.29, 1.82) is 0 Å². The van der Waals surface area contributed by atoms with Gasteiger partial charge in [-0.05, 0) is 55.7 Å². The van der Waals surface area contributed by atoms with E-state index in [4.69, 9.17) is 0 Å². The average Bonchev–Trinajstić information content (AvgIpc) is 3.00. The number of halogens is 3. The topological polar surface area (TPSA) is 21.3 Å². The summed E-state index contributed by atoms with van der Waals surface area (Å²) in [6.07, 6.45) is 0.621. The first kappa shape index (κ1) is 14.7. The van der Waals surface area contributed by atoms with Crippen molar-refractivity contribution >= 4 is 0 Å². The predicted molar refractivity (Wildman–Crippen MR) is 73.9 cm³/mol. The van der Waals surface area contributed by atoms with Crippen LogP contribution in [0.4, 0.5) is 13.2 Å². The second-order valence-corrected chi connectivity index (χ2v) is 6.29. The number of ether oxygens (including phenoxy) is 1. The van der Waals surface area contributed by atoms with Crippen LogP contribution in [0.25, 0.3) is 0 Å². The number of fused-ring (bicyclic) bond motifs is 2. The van der Waals surface area contributed by atoms with Gasteiger partial charge in [-0.15, -0.1) is 13.2 Å². The molecular weight excluding hydrogens is 279 g/mol. The molecule has 2 aliphatic carbocycles. The van der Waals surface area contributed by atoms with Crippen LogP contribution >= 0.6 is 0 Å². The first-order chi connectivity index (χ1) is 9.90. The molecule has 21 heavy (non-hydrogen) atoms. The van der Waals surface area contributed by atoms with Crippen LogP contribution in [0.15, 0.2) is 24.3 Å². The SMILES string of the molecule is CC(NC1CC2CCC1C2)c1ccc(OC(F)(F)F)cc1. The zero-order valence-electron chi connectivity index (χ0n) is 12.0. The molecule has 3 rings (SSSR count). The summed E-state index contributed by atoms with van der Waals surface area (Å²) in [5.41, 5.74) is 0.993. The highest BCUT2D eigenvalue weighted by molar-refractivity contribution is 5.29. The molecular formula is C16H20F3NO. The summed E-state index contributed by atoms with van der Waals surface area (Å²) in [6.45, 7) is 2.06. The third-order valence-electron chi connectivity index (χ3n) is 4.82. The molecule has 2 aliphatic rings. The van der Waals surface area contributed by atoms with Crippen molar-refractivity contribution in [1.82, 2.24) is 5.32 Å². The minimum absolute atomic E-state index is 0.147. The van der Waals surface area contributed by atoms with Crippen molar-refractivity contribution in [3.63, 3.8) is 0 Å². The Balaban J connectivity index is 1.58. The molecule has 0 aromatic heterocycles. The molecule has 0 aliphatic heterocycles. The molecule has 4 unspecified atom stereocenters. The molecule has 0 saturated heterocycles. The van der Waals surface area contributed by atoms with Gasteiger partial charge in [-0.2, -0.15) is 0 Å². The molecule has 2 saturated carbocycles. The van der Waals surface area contributed by atoms with Crippen molar-refractivity contribution in [3.05, 3.63) is 29.8 Å². The maximum absolute atomic E-state index is 12.1. The molecule has 1 N–H and O–H groups in total. The minimum Gasteiger partial charge on any atom is -0.406 e. The standard InChI is InChI=1S/C16H20F3NO/c1-10(20-15-9-11-2-3-13(15)8-11)12-4-6-14(7-5-12)21-16(17,18)19/h4-7,10-11,13,15,20H,2-3,8-9H2,1H3. The Bertz CT molecular complexity index is 485. The second-order valence-electron chi connectivity index (χ2n) is 6.29. The van der Waals surface area contributed by atoms with Gasteiger partial charge in [-0.3, -0.25) is 0 Å². The summed E-state index contributed by atoms with van der Waals surface area (Å²) >= 11 is 0. The third kappa shape index (κ3) is 3.51. The quantitative estimate of drug-likeness (QED) is 0.888. The van der Waals surface area contributed by atoms with Gasteiger partial charge < -0.3 is 10.1 Å². The number of nitrogens with one attached hydrogen (secondary N) is 1. The number of rotatable bonds is 4. The van der Waals surface area contributed by atoms with Crippen molar-refractivity contribution in [3.8, 4) is 5.75 Å². The van der Waals surface area contributed by atoms with Crippen LogP contribution in [0, 0.1) is 11.8 Å². The molecule has 0 amide bonds. The fraction of sp³-hybridized carbons (Fsp3) is 0.625. The number of alkyl halides is 3. The van der Waals surface area contributed by atoms with E-state index in [-0.39, 0.29) is 11.8 Å². The molecule has 2 bridgehead atoms. The summed E-state index contributed by atoms with van der Waals surface area (Å²) in [4.78, 5) is 0. The molecule has 1 aromatic rings. The molecule has 2 fully saturated rings. The first-order valence-electron chi connectivity index (χ1n) is 7.52. The molecule has 2 nitrogen and oxygen atoms in total. The van der Waals surface area contributed by atoms with Crippen molar-refractivity contribution in [2.24, 2.45) is 11.8 Å². The van der Waals surface area contributed by atoms with E-state index < -0.39 is 6.36 Å². The fourth-order valence-electron chi connectivity index (χ4n) is 3.82.